The molecule has 7 nitrogen and oxygen atoms in total. The van der Waals surface area contributed by atoms with Crippen LogP contribution in [-0.4, -0.2) is 22.7 Å². The number of carbonyl (C=O) groups is 1. The summed E-state index contributed by atoms with van der Waals surface area (Å²) in [5.74, 6) is 1.48. The zero-order valence-corrected chi connectivity index (χ0v) is 18.7. The van der Waals surface area contributed by atoms with E-state index in [0.29, 0.717) is 23.9 Å². The Morgan fingerprint density at radius 2 is 1.74 bits per heavy atom. The van der Waals surface area contributed by atoms with Crippen LogP contribution in [-0.2, 0) is 0 Å². The van der Waals surface area contributed by atoms with E-state index in [4.69, 9.17) is 13.7 Å². The molecule has 34 heavy (non-hydrogen) atoms. The molecule has 2 aromatic heterocycles. The van der Waals surface area contributed by atoms with Crippen LogP contribution in [0.3, 0.4) is 0 Å². The van der Waals surface area contributed by atoms with E-state index in [1.54, 1.807) is 18.2 Å². The smallest absolute Gasteiger partial charge is 0.277 e. The van der Waals surface area contributed by atoms with Gasteiger partial charge in [-0.25, -0.2) is 4.98 Å². The van der Waals surface area contributed by atoms with Gasteiger partial charge in [-0.2, -0.15) is 0 Å². The van der Waals surface area contributed by atoms with E-state index in [9.17, 15) is 4.79 Å². The number of rotatable bonds is 8. The molecular formula is C27H23N3O4. The normalized spacial score (nSPS) is 11.0. The van der Waals surface area contributed by atoms with Gasteiger partial charge in [0, 0.05) is 22.9 Å². The van der Waals surface area contributed by atoms with Gasteiger partial charge in [-0.3, -0.25) is 4.79 Å². The maximum atomic E-state index is 12.6. The number of oxazole rings is 1. The molecule has 0 spiro atoms. The summed E-state index contributed by atoms with van der Waals surface area (Å²) in [4.78, 5) is 17.1. The van der Waals surface area contributed by atoms with E-state index < -0.39 is 0 Å². The van der Waals surface area contributed by atoms with Crippen LogP contribution in [0.2, 0.25) is 0 Å². The van der Waals surface area contributed by atoms with E-state index in [1.165, 1.54) is 0 Å². The minimum absolute atomic E-state index is 0.196. The minimum Gasteiger partial charge on any atom is -0.494 e. The molecule has 7 heteroatoms. The summed E-state index contributed by atoms with van der Waals surface area (Å²) in [6.07, 6.45) is 2.10. The van der Waals surface area contributed by atoms with Crippen LogP contribution < -0.4 is 10.1 Å². The van der Waals surface area contributed by atoms with Crippen molar-refractivity contribution in [2.24, 2.45) is 0 Å². The Hall–Kier alpha value is -4.39. The first kappa shape index (κ1) is 21.5. The molecule has 5 aromatic rings. The molecule has 2 heterocycles. The number of hydrogen-bond donors (Lipinski definition) is 1. The number of aromatic nitrogens is 2. The van der Waals surface area contributed by atoms with Crippen LogP contribution >= 0.6 is 0 Å². The number of nitrogens with one attached hydrogen (secondary N) is 1. The monoisotopic (exact) mass is 453 g/mol. The third-order valence-electron chi connectivity index (χ3n) is 5.33. The topological polar surface area (TPSA) is 90.4 Å². The molecule has 5 rings (SSSR count). The average Bonchev–Trinajstić information content (AvgIpc) is 3.53. The molecule has 0 fully saturated rings. The van der Waals surface area contributed by atoms with Crippen LogP contribution in [0.15, 0.2) is 87.8 Å². The maximum absolute atomic E-state index is 12.6. The third kappa shape index (κ3) is 4.68. The van der Waals surface area contributed by atoms with E-state index in [2.05, 4.69) is 22.4 Å². The molecule has 0 bridgehead atoms. The van der Waals surface area contributed by atoms with Crippen molar-refractivity contribution < 1.29 is 18.5 Å². The van der Waals surface area contributed by atoms with Gasteiger partial charge in [-0.1, -0.05) is 30.6 Å². The predicted octanol–water partition coefficient (Wildman–Crippen LogP) is 6.58. The first-order valence-electron chi connectivity index (χ1n) is 11.2. The number of anilines is 1. The summed E-state index contributed by atoms with van der Waals surface area (Å²) in [6, 6.07) is 24.0. The van der Waals surface area contributed by atoms with Crippen LogP contribution in [0.25, 0.3) is 33.9 Å². The fraction of sp³-hybridized carbons (Fsp3) is 0.148. The van der Waals surface area contributed by atoms with Crippen molar-refractivity contribution in [2.45, 2.75) is 19.8 Å². The standard InChI is InChI=1S/C27H23N3O4/c1-2-3-16-32-21-14-10-18(11-15-21)25-17-23(30-34-25)26(31)28-20-12-8-19(9-13-20)27-29-22-6-4-5-7-24(22)33-27/h4-15,17H,2-3,16H2,1H3,(H,28,31). The predicted molar refractivity (Wildman–Crippen MR) is 130 cm³/mol. The fourth-order valence-corrected chi connectivity index (χ4v) is 3.46. The minimum atomic E-state index is -0.357. The summed E-state index contributed by atoms with van der Waals surface area (Å²) >= 11 is 0. The second-order valence-corrected chi connectivity index (χ2v) is 7.82. The molecule has 0 atom stereocenters. The first-order valence-corrected chi connectivity index (χ1v) is 11.2. The van der Waals surface area contributed by atoms with Crippen molar-refractivity contribution in [3.8, 4) is 28.5 Å². The number of benzene rings is 3. The van der Waals surface area contributed by atoms with Crippen LogP contribution in [0, 0.1) is 0 Å². The number of para-hydroxylation sites is 2. The number of fused-ring (bicyclic) bond motifs is 1. The molecule has 1 N–H and O–H groups in total. The highest BCUT2D eigenvalue weighted by molar-refractivity contribution is 6.03. The van der Waals surface area contributed by atoms with Crippen molar-refractivity contribution >= 4 is 22.7 Å². The van der Waals surface area contributed by atoms with Gasteiger partial charge in [0.15, 0.2) is 17.0 Å². The second-order valence-electron chi connectivity index (χ2n) is 7.82. The van der Waals surface area contributed by atoms with Crippen LogP contribution in [0.5, 0.6) is 5.75 Å². The molecule has 1 amide bonds. The van der Waals surface area contributed by atoms with E-state index in [-0.39, 0.29) is 11.6 Å². The molecule has 3 aromatic carbocycles. The maximum Gasteiger partial charge on any atom is 0.277 e. The molecule has 170 valence electrons. The number of amides is 1. The van der Waals surface area contributed by atoms with E-state index in [0.717, 1.165) is 40.8 Å². The van der Waals surface area contributed by atoms with Crippen LogP contribution in [0.4, 0.5) is 5.69 Å². The van der Waals surface area contributed by atoms with Gasteiger partial charge in [0.1, 0.15) is 11.3 Å². The Labute approximate surface area is 196 Å². The first-order chi connectivity index (χ1) is 16.7. The lowest BCUT2D eigenvalue weighted by Gasteiger charge is -2.05. The van der Waals surface area contributed by atoms with Gasteiger partial charge in [-0.05, 0) is 67.1 Å². The lowest BCUT2D eigenvalue weighted by atomic mass is 10.1. The lowest BCUT2D eigenvalue weighted by Crippen LogP contribution is -2.11. The molecule has 0 radical (unpaired) electrons. The zero-order chi connectivity index (χ0) is 23.3. The number of ether oxygens (including phenoxy) is 1. The molecule has 0 aliphatic heterocycles. The van der Waals surface area contributed by atoms with E-state index in [1.807, 2.05) is 60.7 Å². The van der Waals surface area contributed by atoms with Crippen molar-refractivity contribution in [1.29, 1.82) is 0 Å². The van der Waals surface area contributed by atoms with Gasteiger partial charge in [0.25, 0.3) is 5.91 Å². The Balaban J connectivity index is 1.23. The Morgan fingerprint density at radius 1 is 0.971 bits per heavy atom. The second kappa shape index (κ2) is 9.62. The molecule has 0 aliphatic carbocycles. The van der Waals surface area contributed by atoms with Gasteiger partial charge in [0.05, 0.1) is 6.61 Å². The van der Waals surface area contributed by atoms with Gasteiger partial charge >= 0.3 is 0 Å². The quantitative estimate of drug-likeness (QED) is 0.267. The summed E-state index contributed by atoms with van der Waals surface area (Å²) in [7, 11) is 0. The summed E-state index contributed by atoms with van der Waals surface area (Å²) in [5, 5.41) is 6.75. The SMILES string of the molecule is CCCCOc1ccc(-c2cc(C(=O)Nc3ccc(-c4nc5ccccc5o4)cc3)no2)cc1. The van der Waals surface area contributed by atoms with Crippen molar-refractivity contribution in [1.82, 2.24) is 10.1 Å². The van der Waals surface area contributed by atoms with Crippen molar-refractivity contribution in [3.63, 3.8) is 0 Å². The Morgan fingerprint density at radius 3 is 2.50 bits per heavy atom. The van der Waals surface area contributed by atoms with Crippen LogP contribution in [0.1, 0.15) is 30.3 Å². The fourth-order valence-electron chi connectivity index (χ4n) is 3.46. The number of nitrogens with zero attached hydrogens (tertiary/aromatic N) is 2. The summed E-state index contributed by atoms with van der Waals surface area (Å²) in [6.45, 7) is 2.82. The molecule has 0 unspecified atom stereocenters. The van der Waals surface area contributed by atoms with Gasteiger partial charge in [0.2, 0.25) is 5.89 Å². The summed E-state index contributed by atoms with van der Waals surface area (Å²) in [5.41, 5.74) is 3.99. The zero-order valence-electron chi connectivity index (χ0n) is 18.7. The molecule has 0 aliphatic rings. The number of unbranched alkanes of at least 4 members (excludes halogenated alkanes) is 1. The lowest BCUT2D eigenvalue weighted by molar-refractivity contribution is 0.101. The number of carbonyl (C=O) groups excluding carboxylic acids is 1. The largest absolute Gasteiger partial charge is 0.494 e. The van der Waals surface area contributed by atoms with Crippen molar-refractivity contribution in [2.75, 3.05) is 11.9 Å². The highest BCUT2D eigenvalue weighted by Crippen LogP contribution is 2.26. The Bertz CT molecular complexity index is 1370. The van der Waals surface area contributed by atoms with Gasteiger partial charge < -0.3 is 19.0 Å². The molecule has 0 saturated heterocycles. The number of hydrogen-bond acceptors (Lipinski definition) is 6. The molecule has 0 saturated carbocycles. The third-order valence-corrected chi connectivity index (χ3v) is 5.33. The van der Waals surface area contributed by atoms with Crippen molar-refractivity contribution in [3.05, 3.63) is 84.6 Å². The van der Waals surface area contributed by atoms with E-state index >= 15 is 0 Å². The van der Waals surface area contributed by atoms with Gasteiger partial charge in [-0.15, -0.1) is 0 Å². The highest BCUT2D eigenvalue weighted by atomic mass is 16.5. The Kier molecular flexibility index (Phi) is 6.07. The summed E-state index contributed by atoms with van der Waals surface area (Å²) < 4.78 is 16.9. The average molecular weight is 453 g/mol. The molecular weight excluding hydrogens is 430 g/mol. The highest BCUT2D eigenvalue weighted by Gasteiger charge is 2.15.